The minimum atomic E-state index is -4.37. The molecular formula is C13H15F3N2O2. The minimum absolute atomic E-state index is 0.0716. The van der Waals surface area contributed by atoms with Gasteiger partial charge in [-0.3, -0.25) is 4.79 Å². The molecule has 1 aromatic heterocycles. The summed E-state index contributed by atoms with van der Waals surface area (Å²) in [5, 5.41) is 2.64. The van der Waals surface area contributed by atoms with E-state index >= 15 is 0 Å². The molecule has 4 nitrogen and oxygen atoms in total. The molecule has 0 saturated heterocycles. The van der Waals surface area contributed by atoms with E-state index in [1.807, 2.05) is 6.08 Å². The zero-order chi connectivity index (χ0) is 15.0. The van der Waals surface area contributed by atoms with Gasteiger partial charge in [-0.2, -0.15) is 13.2 Å². The van der Waals surface area contributed by atoms with E-state index in [-0.39, 0.29) is 11.8 Å². The largest absolute Gasteiger partial charge is 0.468 e. The highest BCUT2D eigenvalue weighted by atomic mass is 19.4. The van der Waals surface area contributed by atoms with E-state index < -0.39 is 12.8 Å². The van der Waals surface area contributed by atoms with Crippen molar-refractivity contribution in [1.82, 2.24) is 10.3 Å². The Hall–Kier alpha value is -2.05. The molecule has 0 aliphatic rings. The Labute approximate surface area is 114 Å². The summed E-state index contributed by atoms with van der Waals surface area (Å²) in [6.45, 7) is 0.616. The van der Waals surface area contributed by atoms with Gasteiger partial charge in [0.15, 0.2) is 6.61 Å². The maximum absolute atomic E-state index is 11.9. The molecule has 1 amide bonds. The number of carbonyl (C=O) groups excluding carboxylic acids is 1. The molecule has 0 aliphatic heterocycles. The molecule has 1 aromatic rings. The number of nitrogens with one attached hydrogen (secondary N) is 1. The Kier molecular flexibility index (Phi) is 6.02. The molecular weight excluding hydrogens is 273 g/mol. The first-order chi connectivity index (χ1) is 9.37. The van der Waals surface area contributed by atoms with Crippen LogP contribution in [0.25, 0.3) is 6.08 Å². The monoisotopic (exact) mass is 288 g/mol. The third-order valence-corrected chi connectivity index (χ3v) is 2.14. The van der Waals surface area contributed by atoms with Crippen molar-refractivity contribution in [3.05, 3.63) is 30.0 Å². The molecule has 0 fully saturated rings. The Balaban J connectivity index is 2.38. The summed E-state index contributed by atoms with van der Waals surface area (Å²) >= 11 is 0. The van der Waals surface area contributed by atoms with Crippen molar-refractivity contribution < 1.29 is 22.7 Å². The average molecular weight is 288 g/mol. The van der Waals surface area contributed by atoms with Crippen LogP contribution >= 0.6 is 0 Å². The number of hydrogen-bond donors (Lipinski definition) is 1. The molecule has 20 heavy (non-hydrogen) atoms. The van der Waals surface area contributed by atoms with Crippen LogP contribution in [-0.4, -0.2) is 30.2 Å². The summed E-state index contributed by atoms with van der Waals surface area (Å²) in [5.74, 6) is -0.163. The van der Waals surface area contributed by atoms with Crippen molar-refractivity contribution in [3.8, 4) is 5.88 Å². The highest BCUT2D eigenvalue weighted by molar-refractivity contribution is 5.72. The Morgan fingerprint density at radius 2 is 2.20 bits per heavy atom. The van der Waals surface area contributed by atoms with Crippen molar-refractivity contribution in [2.24, 2.45) is 0 Å². The second-order valence-electron chi connectivity index (χ2n) is 4.01. The lowest BCUT2D eigenvalue weighted by atomic mass is 10.2. The molecule has 1 N–H and O–H groups in total. The van der Waals surface area contributed by atoms with Crippen LogP contribution < -0.4 is 10.1 Å². The number of nitrogens with zero attached hydrogens (tertiary/aromatic N) is 1. The van der Waals surface area contributed by atoms with E-state index in [0.717, 1.165) is 5.56 Å². The van der Waals surface area contributed by atoms with Crippen LogP contribution in [0.1, 0.15) is 18.9 Å². The summed E-state index contributed by atoms with van der Waals surface area (Å²) in [7, 11) is 0. The molecule has 0 unspecified atom stereocenters. The fourth-order valence-electron chi connectivity index (χ4n) is 1.28. The van der Waals surface area contributed by atoms with Crippen molar-refractivity contribution in [2.45, 2.75) is 19.5 Å². The highest BCUT2D eigenvalue weighted by Gasteiger charge is 2.28. The van der Waals surface area contributed by atoms with Gasteiger partial charge in [0.1, 0.15) is 0 Å². The zero-order valence-corrected chi connectivity index (χ0v) is 10.9. The summed E-state index contributed by atoms with van der Waals surface area (Å²) in [6, 6.07) is 2.98. The van der Waals surface area contributed by atoms with Gasteiger partial charge in [0, 0.05) is 25.7 Å². The van der Waals surface area contributed by atoms with Crippen molar-refractivity contribution in [2.75, 3.05) is 13.2 Å². The van der Waals surface area contributed by atoms with Gasteiger partial charge < -0.3 is 10.1 Å². The smallest absolute Gasteiger partial charge is 0.422 e. The van der Waals surface area contributed by atoms with Crippen LogP contribution in [0.15, 0.2) is 24.4 Å². The Bertz CT molecular complexity index is 456. The quantitative estimate of drug-likeness (QED) is 0.818. The van der Waals surface area contributed by atoms with Crippen LogP contribution in [-0.2, 0) is 4.79 Å². The third kappa shape index (κ3) is 7.40. The maximum atomic E-state index is 11.9. The Morgan fingerprint density at radius 3 is 2.75 bits per heavy atom. The number of aromatic nitrogens is 1. The van der Waals surface area contributed by atoms with Gasteiger partial charge >= 0.3 is 6.18 Å². The van der Waals surface area contributed by atoms with Gasteiger partial charge in [0.05, 0.1) is 0 Å². The second kappa shape index (κ2) is 7.52. The van der Waals surface area contributed by atoms with Gasteiger partial charge in [0.25, 0.3) is 0 Å². The highest BCUT2D eigenvalue weighted by Crippen LogP contribution is 2.17. The first-order valence-corrected chi connectivity index (χ1v) is 5.93. The van der Waals surface area contributed by atoms with E-state index in [0.29, 0.717) is 13.0 Å². The zero-order valence-electron chi connectivity index (χ0n) is 10.9. The molecule has 0 radical (unpaired) electrons. The van der Waals surface area contributed by atoms with Crippen LogP contribution in [0, 0.1) is 0 Å². The van der Waals surface area contributed by atoms with Gasteiger partial charge in [0.2, 0.25) is 11.8 Å². The summed E-state index contributed by atoms with van der Waals surface area (Å²) in [4.78, 5) is 14.4. The number of pyridine rings is 1. The van der Waals surface area contributed by atoms with E-state index in [4.69, 9.17) is 0 Å². The second-order valence-corrected chi connectivity index (χ2v) is 4.01. The summed E-state index contributed by atoms with van der Waals surface area (Å²) in [6.07, 6.45) is 1.31. The average Bonchev–Trinajstić information content (AvgIpc) is 2.36. The first kappa shape index (κ1) is 16.0. The molecule has 0 spiro atoms. The van der Waals surface area contributed by atoms with Gasteiger partial charge in [-0.05, 0) is 18.1 Å². The molecule has 0 atom stereocenters. The topological polar surface area (TPSA) is 51.2 Å². The van der Waals surface area contributed by atoms with Crippen LogP contribution in [0.2, 0.25) is 0 Å². The maximum Gasteiger partial charge on any atom is 0.422 e. The fourth-order valence-corrected chi connectivity index (χ4v) is 1.28. The van der Waals surface area contributed by atoms with E-state index in [1.165, 1.54) is 19.2 Å². The lowest BCUT2D eigenvalue weighted by Crippen LogP contribution is -2.20. The standard InChI is InChI=1S/C13H15F3N2O2/c1-10(19)17-7-3-2-4-11-5-6-12(18-8-11)20-9-13(14,15)16/h2,4-6,8H,3,7,9H2,1H3,(H,17,19). The SMILES string of the molecule is CC(=O)NCCC=Cc1ccc(OCC(F)(F)F)nc1. The Morgan fingerprint density at radius 1 is 1.45 bits per heavy atom. The van der Waals surface area contributed by atoms with Crippen molar-refractivity contribution in [3.63, 3.8) is 0 Å². The normalized spacial score (nSPS) is 11.6. The van der Waals surface area contributed by atoms with Gasteiger partial charge in [-0.1, -0.05) is 12.2 Å². The third-order valence-electron chi connectivity index (χ3n) is 2.14. The van der Waals surface area contributed by atoms with Crippen LogP contribution in [0.3, 0.4) is 0 Å². The summed E-state index contributed by atoms with van der Waals surface area (Å²) < 4.78 is 40.3. The van der Waals surface area contributed by atoms with Gasteiger partial charge in [-0.15, -0.1) is 0 Å². The molecule has 1 rings (SSSR count). The minimum Gasteiger partial charge on any atom is -0.468 e. The predicted molar refractivity (Wildman–Crippen MR) is 68.1 cm³/mol. The number of rotatable bonds is 6. The molecule has 7 heteroatoms. The van der Waals surface area contributed by atoms with Gasteiger partial charge in [-0.25, -0.2) is 4.98 Å². The number of hydrogen-bond acceptors (Lipinski definition) is 3. The number of amides is 1. The number of ether oxygens (including phenoxy) is 1. The van der Waals surface area contributed by atoms with E-state index in [2.05, 4.69) is 15.0 Å². The van der Waals surface area contributed by atoms with Crippen molar-refractivity contribution in [1.29, 1.82) is 0 Å². The molecule has 0 aromatic carbocycles. The molecule has 110 valence electrons. The number of carbonyl (C=O) groups is 1. The van der Waals surface area contributed by atoms with E-state index in [9.17, 15) is 18.0 Å². The predicted octanol–water partition coefficient (Wildman–Crippen LogP) is 2.56. The molecule has 1 heterocycles. The lowest BCUT2D eigenvalue weighted by Gasteiger charge is -2.07. The molecule has 0 bridgehead atoms. The first-order valence-electron chi connectivity index (χ1n) is 5.93. The summed E-state index contributed by atoms with van der Waals surface area (Å²) in [5.41, 5.74) is 0.743. The number of halogens is 3. The van der Waals surface area contributed by atoms with Crippen LogP contribution in [0.5, 0.6) is 5.88 Å². The van der Waals surface area contributed by atoms with E-state index in [1.54, 1.807) is 12.1 Å². The fraction of sp³-hybridized carbons (Fsp3) is 0.385. The molecule has 0 saturated carbocycles. The van der Waals surface area contributed by atoms with Crippen molar-refractivity contribution >= 4 is 12.0 Å². The lowest BCUT2D eigenvalue weighted by molar-refractivity contribution is -0.154. The molecule has 0 aliphatic carbocycles. The van der Waals surface area contributed by atoms with Crippen LogP contribution in [0.4, 0.5) is 13.2 Å². The number of alkyl halides is 3.